The normalized spacial score (nSPS) is 16.3. The number of hydrogen-bond donors (Lipinski definition) is 5. The van der Waals surface area contributed by atoms with Gasteiger partial charge in [0.1, 0.15) is 5.75 Å². The van der Waals surface area contributed by atoms with Crippen molar-refractivity contribution in [2.24, 2.45) is 0 Å². The van der Waals surface area contributed by atoms with Crippen molar-refractivity contribution >= 4 is 35.0 Å². The number of ether oxygens (including phenoxy) is 2. The van der Waals surface area contributed by atoms with Crippen LogP contribution in [0.1, 0.15) is 79.6 Å². The van der Waals surface area contributed by atoms with E-state index in [9.17, 15) is 19.8 Å². The maximum atomic E-state index is 12.7. The number of hydrogen-bond acceptors (Lipinski definition) is 11. The van der Waals surface area contributed by atoms with E-state index < -0.39 is 6.29 Å². The third-order valence-corrected chi connectivity index (χ3v) is 11.3. The number of rotatable bonds is 18. The van der Waals surface area contributed by atoms with Crippen molar-refractivity contribution in [1.82, 2.24) is 25.5 Å². The minimum absolute atomic E-state index is 0.00332. The average molecular weight is 828 g/mol. The zero-order chi connectivity index (χ0) is 41.7. The lowest BCUT2D eigenvalue weighted by atomic mass is 9.99. The first-order valence-electron chi connectivity index (χ1n) is 20.1. The van der Waals surface area contributed by atoms with Crippen LogP contribution in [-0.2, 0) is 32.2 Å². The Labute approximate surface area is 353 Å². The first kappa shape index (κ1) is 42.1. The van der Waals surface area contributed by atoms with Crippen molar-refractivity contribution in [3.05, 3.63) is 144 Å². The van der Waals surface area contributed by atoms with Gasteiger partial charge in [-0.25, -0.2) is 0 Å². The van der Waals surface area contributed by atoms with Crippen LogP contribution < -0.4 is 16.4 Å². The van der Waals surface area contributed by atoms with Gasteiger partial charge < -0.3 is 36.1 Å². The zero-order valence-corrected chi connectivity index (χ0v) is 34.0. The Balaban J connectivity index is 0.938. The second-order valence-electron chi connectivity index (χ2n) is 14.7. The van der Waals surface area contributed by atoms with Crippen LogP contribution in [0.3, 0.4) is 0 Å². The van der Waals surface area contributed by atoms with Gasteiger partial charge in [-0.1, -0.05) is 97.4 Å². The second kappa shape index (κ2) is 20.8. The van der Waals surface area contributed by atoms with Gasteiger partial charge in [-0.3, -0.25) is 9.59 Å². The summed E-state index contributed by atoms with van der Waals surface area (Å²) in [6, 6.07) is 37.9. The van der Waals surface area contributed by atoms with Crippen molar-refractivity contribution in [3.63, 3.8) is 0 Å². The molecule has 3 atom stereocenters. The summed E-state index contributed by atoms with van der Waals surface area (Å²) in [4.78, 5) is 25.0. The second-order valence-corrected chi connectivity index (χ2v) is 15.7. The fourth-order valence-corrected chi connectivity index (χ4v) is 7.89. The van der Waals surface area contributed by atoms with E-state index in [1.165, 1.54) is 11.8 Å². The number of thioether (sulfide) groups is 1. The number of nitrogens with one attached hydrogen (secondary N) is 2. The summed E-state index contributed by atoms with van der Waals surface area (Å²) < 4.78 is 14.9. The Bertz CT molecular complexity index is 2340. The van der Waals surface area contributed by atoms with Crippen LogP contribution in [0.5, 0.6) is 5.75 Å². The lowest BCUT2D eigenvalue weighted by Gasteiger charge is -2.36. The molecule has 6 N–H and O–H groups in total. The minimum atomic E-state index is -0.659. The van der Waals surface area contributed by atoms with Crippen molar-refractivity contribution in [1.29, 1.82) is 0 Å². The molecule has 2 heterocycles. The number of para-hydroxylation sites is 2. The molecule has 14 heteroatoms. The third kappa shape index (κ3) is 11.6. The number of nitrogen functional groups attached to an aromatic ring is 1. The molecule has 6 aromatic rings. The van der Waals surface area contributed by atoms with E-state index in [0.29, 0.717) is 48.1 Å². The number of tetrazole rings is 1. The summed E-state index contributed by atoms with van der Waals surface area (Å²) in [7, 11) is 0. The molecule has 1 aliphatic rings. The molecule has 7 rings (SSSR count). The molecule has 0 spiro atoms. The van der Waals surface area contributed by atoms with Crippen LogP contribution >= 0.6 is 11.8 Å². The largest absolute Gasteiger partial charge is 0.508 e. The van der Waals surface area contributed by atoms with Crippen LogP contribution in [0.15, 0.2) is 126 Å². The fourth-order valence-electron chi connectivity index (χ4n) is 6.98. The van der Waals surface area contributed by atoms with Gasteiger partial charge in [0.15, 0.2) is 6.29 Å². The lowest BCUT2D eigenvalue weighted by Crippen LogP contribution is -2.31. The van der Waals surface area contributed by atoms with Gasteiger partial charge in [0.25, 0.3) is 0 Å². The smallest absolute Gasteiger partial charge is 0.224 e. The van der Waals surface area contributed by atoms with Crippen molar-refractivity contribution in [2.75, 3.05) is 16.8 Å². The van der Waals surface area contributed by atoms with E-state index in [4.69, 9.17) is 15.2 Å². The molecule has 0 aliphatic carbocycles. The van der Waals surface area contributed by atoms with Crippen LogP contribution in [0.25, 0.3) is 16.8 Å². The number of aliphatic hydroxyl groups is 1. The van der Waals surface area contributed by atoms with Crippen LogP contribution in [0.4, 0.5) is 11.4 Å². The molecule has 310 valence electrons. The quantitative estimate of drug-likeness (QED) is 0.0321. The summed E-state index contributed by atoms with van der Waals surface area (Å²) >= 11 is 1.48. The van der Waals surface area contributed by atoms with Crippen molar-refractivity contribution in [3.8, 4) is 22.6 Å². The SMILES string of the molecule is Nc1ccccc1NC(=O)CCCCCCC(=O)NCc1cccc(-c2cccc([C@@H]3O[C@H](CSc4nnnn4-c4ccc(O)cc4)C[C@H](c4ccc(CO)cc4)O3)c2)c1. The van der Waals surface area contributed by atoms with Crippen LogP contribution in [0, 0.1) is 0 Å². The van der Waals surface area contributed by atoms with Gasteiger partial charge >= 0.3 is 0 Å². The molecule has 0 radical (unpaired) electrons. The zero-order valence-electron chi connectivity index (χ0n) is 33.2. The van der Waals surface area contributed by atoms with Gasteiger partial charge in [0.2, 0.25) is 17.0 Å². The lowest BCUT2D eigenvalue weighted by molar-refractivity contribution is -0.245. The number of phenolic OH excluding ortho intramolecular Hbond substituents is 1. The van der Waals surface area contributed by atoms with Gasteiger partial charge in [0.05, 0.1) is 35.9 Å². The summed E-state index contributed by atoms with van der Waals surface area (Å²) in [5.41, 5.74) is 13.5. The molecular weight excluding hydrogens is 779 g/mol. The molecular formula is C46H49N7O6S. The van der Waals surface area contributed by atoms with E-state index in [0.717, 1.165) is 64.8 Å². The predicted molar refractivity (Wildman–Crippen MR) is 231 cm³/mol. The van der Waals surface area contributed by atoms with Gasteiger partial charge in [-0.15, -0.1) is 5.10 Å². The Morgan fingerprint density at radius 3 is 2.28 bits per heavy atom. The first-order chi connectivity index (χ1) is 29.3. The minimum Gasteiger partial charge on any atom is -0.508 e. The van der Waals surface area contributed by atoms with Gasteiger partial charge in [0, 0.05) is 37.1 Å². The number of aliphatic hydroxyl groups excluding tert-OH is 1. The topological polar surface area (TPSA) is 187 Å². The number of carbonyl (C=O) groups is 2. The molecule has 1 aliphatic heterocycles. The van der Waals surface area contributed by atoms with Crippen LogP contribution in [-0.4, -0.2) is 54.1 Å². The summed E-state index contributed by atoms with van der Waals surface area (Å²) in [5, 5.41) is 38.2. The van der Waals surface area contributed by atoms with E-state index in [1.54, 1.807) is 41.1 Å². The van der Waals surface area contributed by atoms with Crippen LogP contribution in [0.2, 0.25) is 0 Å². The first-order valence-corrected chi connectivity index (χ1v) is 21.1. The number of anilines is 2. The number of benzene rings is 5. The summed E-state index contributed by atoms with van der Waals surface area (Å²) in [6.45, 7) is 0.375. The Morgan fingerprint density at radius 1 is 0.783 bits per heavy atom. The number of amides is 2. The predicted octanol–water partition coefficient (Wildman–Crippen LogP) is 8.04. The molecule has 1 fully saturated rings. The molecule has 60 heavy (non-hydrogen) atoms. The maximum Gasteiger partial charge on any atom is 0.224 e. The third-order valence-electron chi connectivity index (χ3n) is 10.2. The Morgan fingerprint density at radius 2 is 1.52 bits per heavy atom. The Kier molecular flexibility index (Phi) is 14.6. The molecule has 1 aromatic heterocycles. The highest BCUT2D eigenvalue weighted by Gasteiger charge is 2.33. The molecule has 0 saturated carbocycles. The van der Waals surface area contributed by atoms with Gasteiger partial charge in [-0.2, -0.15) is 4.68 Å². The molecule has 2 amide bonds. The number of aromatic nitrogens is 4. The van der Waals surface area contributed by atoms with E-state index in [2.05, 4.69) is 38.3 Å². The van der Waals surface area contributed by atoms with Gasteiger partial charge in [-0.05, 0) is 99.6 Å². The maximum absolute atomic E-state index is 12.7. The number of nitrogens with zero attached hydrogens (tertiary/aromatic N) is 4. The highest BCUT2D eigenvalue weighted by atomic mass is 32.2. The number of phenols is 1. The van der Waals surface area contributed by atoms with Crippen molar-refractivity contribution < 1.29 is 29.3 Å². The fraction of sp³-hybridized carbons (Fsp3) is 0.283. The molecule has 0 unspecified atom stereocenters. The molecule has 0 bridgehead atoms. The van der Waals surface area contributed by atoms with Crippen molar-refractivity contribution in [2.45, 2.75) is 81.8 Å². The summed E-state index contributed by atoms with van der Waals surface area (Å²) in [6.07, 6.45) is 3.53. The highest BCUT2D eigenvalue weighted by molar-refractivity contribution is 7.99. The standard InChI is InChI=1S/C46H49N7O6S/c47-40-13-5-6-14-41(40)49-44(57)16-4-2-1-3-15-43(56)48-28-32-9-7-10-34(25-32)35-11-8-12-36(26-35)45-58-39(27-42(59-45)33-19-17-31(29-54)18-20-33)30-60-46-50-51-52-53(46)37-21-23-38(55)24-22-37/h5-14,17-26,39,42,45,54-55H,1-4,15-16,27-30,47H2,(H,48,56)(H,49,57)/t39-,42+,45+/m0/s1. The molecule has 5 aromatic carbocycles. The van der Waals surface area contributed by atoms with E-state index in [-0.39, 0.29) is 36.4 Å². The Hall–Kier alpha value is -6.06. The average Bonchev–Trinajstić information content (AvgIpc) is 3.76. The number of unbranched alkanes of at least 4 members (excludes halogenated alkanes) is 3. The summed E-state index contributed by atoms with van der Waals surface area (Å²) in [5.74, 6) is 0.653. The monoisotopic (exact) mass is 827 g/mol. The number of carbonyl (C=O) groups excluding carboxylic acids is 2. The number of aromatic hydroxyl groups is 1. The highest BCUT2D eigenvalue weighted by Crippen LogP contribution is 2.40. The van der Waals surface area contributed by atoms with E-state index >= 15 is 0 Å². The molecule has 13 nitrogen and oxygen atoms in total. The van der Waals surface area contributed by atoms with E-state index in [1.807, 2.05) is 72.8 Å². The number of nitrogens with two attached hydrogens (primary N) is 1. The molecule has 1 saturated heterocycles.